The first-order chi connectivity index (χ1) is 10.4. The highest BCUT2D eigenvalue weighted by Gasteiger charge is 2.19. The number of carboxylic acids is 1. The van der Waals surface area contributed by atoms with Crippen LogP contribution in [0, 0.1) is 6.92 Å². The molecule has 0 saturated heterocycles. The number of aromatic carboxylic acids is 1. The lowest BCUT2D eigenvalue weighted by Crippen LogP contribution is -2.09. The van der Waals surface area contributed by atoms with E-state index in [4.69, 9.17) is 4.74 Å². The van der Waals surface area contributed by atoms with E-state index in [1.54, 1.807) is 31.2 Å². The average Bonchev–Trinajstić information content (AvgIpc) is 2.50. The quantitative estimate of drug-likeness (QED) is 0.828. The summed E-state index contributed by atoms with van der Waals surface area (Å²) in [5, 5.41) is 9.26. The molecule has 1 N–H and O–H groups in total. The van der Waals surface area contributed by atoms with Crippen LogP contribution < -0.4 is 4.74 Å². The Kier molecular flexibility index (Phi) is 4.82. The van der Waals surface area contributed by atoms with Crippen LogP contribution in [0.4, 0.5) is 0 Å². The van der Waals surface area contributed by atoms with Crippen LogP contribution in [0.25, 0.3) is 0 Å². The molecule has 0 aliphatic carbocycles. The standard InChI is InChI=1S/C16H13BrO5/c1-9-13(15(18)19)7-12(8-14(9)16(20)21-2)22-11-5-3-10(17)4-6-11/h3-8H,1-2H3,(H,18,19). The Morgan fingerprint density at radius 1 is 1.05 bits per heavy atom. The number of methoxy groups -OCH3 is 1. The number of carbonyl (C=O) groups is 2. The Hall–Kier alpha value is -2.34. The number of carboxylic acid groups (broad SMARTS) is 1. The zero-order chi connectivity index (χ0) is 16.3. The van der Waals surface area contributed by atoms with Gasteiger partial charge in [0.25, 0.3) is 0 Å². The summed E-state index contributed by atoms with van der Waals surface area (Å²) in [7, 11) is 1.24. The van der Waals surface area contributed by atoms with Crippen LogP contribution in [0.2, 0.25) is 0 Å². The van der Waals surface area contributed by atoms with Crippen molar-refractivity contribution < 1.29 is 24.2 Å². The zero-order valence-corrected chi connectivity index (χ0v) is 13.5. The maximum Gasteiger partial charge on any atom is 0.338 e. The smallest absolute Gasteiger partial charge is 0.338 e. The van der Waals surface area contributed by atoms with Crippen molar-refractivity contribution in [2.75, 3.05) is 7.11 Å². The van der Waals surface area contributed by atoms with Crippen molar-refractivity contribution >= 4 is 27.9 Å². The maximum atomic E-state index is 11.8. The van der Waals surface area contributed by atoms with Crippen molar-refractivity contribution in [1.29, 1.82) is 0 Å². The molecule has 22 heavy (non-hydrogen) atoms. The minimum Gasteiger partial charge on any atom is -0.478 e. The van der Waals surface area contributed by atoms with E-state index in [-0.39, 0.29) is 16.9 Å². The SMILES string of the molecule is COC(=O)c1cc(Oc2ccc(Br)cc2)cc(C(=O)O)c1C. The molecule has 0 aliphatic rings. The fourth-order valence-electron chi connectivity index (χ4n) is 1.93. The molecule has 0 atom stereocenters. The average molecular weight is 365 g/mol. The molecule has 0 radical (unpaired) electrons. The number of rotatable bonds is 4. The summed E-state index contributed by atoms with van der Waals surface area (Å²) in [6, 6.07) is 9.89. The predicted octanol–water partition coefficient (Wildman–Crippen LogP) is 4.03. The molecular weight excluding hydrogens is 352 g/mol. The summed E-state index contributed by atoms with van der Waals surface area (Å²) in [4.78, 5) is 23.1. The van der Waals surface area contributed by atoms with E-state index < -0.39 is 11.9 Å². The van der Waals surface area contributed by atoms with Crippen molar-refractivity contribution in [1.82, 2.24) is 0 Å². The summed E-state index contributed by atoms with van der Waals surface area (Å²) in [5.74, 6) is -0.963. The molecule has 2 rings (SSSR count). The maximum absolute atomic E-state index is 11.8. The third kappa shape index (κ3) is 3.46. The highest BCUT2D eigenvalue weighted by atomic mass is 79.9. The molecular formula is C16H13BrO5. The van der Waals surface area contributed by atoms with Crippen LogP contribution >= 0.6 is 15.9 Å². The van der Waals surface area contributed by atoms with Gasteiger partial charge in [-0.15, -0.1) is 0 Å². The molecule has 114 valence electrons. The van der Waals surface area contributed by atoms with E-state index in [0.29, 0.717) is 11.3 Å². The van der Waals surface area contributed by atoms with Crippen LogP contribution in [0.15, 0.2) is 40.9 Å². The van der Waals surface area contributed by atoms with Gasteiger partial charge in [-0.25, -0.2) is 9.59 Å². The molecule has 0 fully saturated rings. The van der Waals surface area contributed by atoms with Crippen molar-refractivity contribution in [3.8, 4) is 11.5 Å². The molecule has 0 bridgehead atoms. The summed E-state index contributed by atoms with van der Waals surface area (Å²) in [6.45, 7) is 1.55. The van der Waals surface area contributed by atoms with Crippen LogP contribution in [0.5, 0.6) is 11.5 Å². The second-order valence-electron chi connectivity index (χ2n) is 4.50. The Morgan fingerprint density at radius 2 is 1.64 bits per heavy atom. The van der Waals surface area contributed by atoms with Gasteiger partial charge in [-0.1, -0.05) is 15.9 Å². The van der Waals surface area contributed by atoms with Crippen LogP contribution in [0.3, 0.4) is 0 Å². The summed E-state index contributed by atoms with van der Waals surface area (Å²) in [5.41, 5.74) is 0.493. The molecule has 0 aromatic heterocycles. The first-order valence-corrected chi connectivity index (χ1v) is 7.11. The van der Waals surface area contributed by atoms with E-state index in [1.165, 1.54) is 19.2 Å². The van der Waals surface area contributed by atoms with Gasteiger partial charge in [0.2, 0.25) is 0 Å². The number of carbonyl (C=O) groups excluding carboxylic acids is 1. The van der Waals surface area contributed by atoms with E-state index in [9.17, 15) is 14.7 Å². The minimum absolute atomic E-state index is 0.00462. The van der Waals surface area contributed by atoms with E-state index in [0.717, 1.165) is 4.47 Å². The van der Waals surface area contributed by atoms with Gasteiger partial charge < -0.3 is 14.6 Å². The highest BCUT2D eigenvalue weighted by molar-refractivity contribution is 9.10. The molecule has 0 amide bonds. The molecule has 0 spiro atoms. The van der Waals surface area contributed by atoms with Crippen LogP contribution in [0.1, 0.15) is 26.3 Å². The van der Waals surface area contributed by atoms with Gasteiger partial charge in [-0.2, -0.15) is 0 Å². The van der Waals surface area contributed by atoms with E-state index in [1.807, 2.05) is 0 Å². The normalized spacial score (nSPS) is 10.1. The lowest BCUT2D eigenvalue weighted by Gasteiger charge is -2.12. The van der Waals surface area contributed by atoms with Crippen LogP contribution in [-0.2, 0) is 4.74 Å². The molecule has 2 aromatic rings. The summed E-state index contributed by atoms with van der Waals surface area (Å²) in [6.07, 6.45) is 0. The first-order valence-electron chi connectivity index (χ1n) is 6.32. The van der Waals surface area contributed by atoms with E-state index in [2.05, 4.69) is 20.7 Å². The lowest BCUT2D eigenvalue weighted by atomic mass is 10.0. The molecule has 0 heterocycles. The van der Waals surface area contributed by atoms with Gasteiger partial charge in [0.1, 0.15) is 11.5 Å². The number of esters is 1. The molecule has 6 heteroatoms. The fourth-order valence-corrected chi connectivity index (χ4v) is 2.19. The number of benzene rings is 2. The van der Waals surface area contributed by atoms with Crippen molar-refractivity contribution in [2.45, 2.75) is 6.92 Å². The minimum atomic E-state index is -1.14. The van der Waals surface area contributed by atoms with Gasteiger partial charge in [-0.3, -0.25) is 0 Å². The Morgan fingerprint density at radius 3 is 2.18 bits per heavy atom. The second kappa shape index (κ2) is 6.62. The van der Waals surface area contributed by atoms with Crippen molar-refractivity contribution in [2.24, 2.45) is 0 Å². The number of halogens is 1. The largest absolute Gasteiger partial charge is 0.478 e. The zero-order valence-electron chi connectivity index (χ0n) is 11.9. The number of hydrogen-bond acceptors (Lipinski definition) is 4. The Balaban J connectivity index is 2.46. The third-order valence-electron chi connectivity index (χ3n) is 3.07. The summed E-state index contributed by atoms with van der Waals surface area (Å²) < 4.78 is 11.2. The monoisotopic (exact) mass is 364 g/mol. The molecule has 0 aliphatic heterocycles. The van der Waals surface area contributed by atoms with E-state index >= 15 is 0 Å². The molecule has 5 nitrogen and oxygen atoms in total. The fraction of sp³-hybridized carbons (Fsp3) is 0.125. The van der Waals surface area contributed by atoms with Crippen LogP contribution in [-0.4, -0.2) is 24.2 Å². The predicted molar refractivity (Wildman–Crippen MR) is 83.7 cm³/mol. The van der Waals surface area contributed by atoms with Crippen molar-refractivity contribution in [3.05, 3.63) is 57.6 Å². The summed E-state index contributed by atoms with van der Waals surface area (Å²) >= 11 is 3.32. The van der Waals surface area contributed by atoms with Gasteiger partial charge in [0, 0.05) is 4.47 Å². The first kappa shape index (κ1) is 16.0. The molecule has 0 saturated carbocycles. The molecule has 2 aromatic carbocycles. The highest BCUT2D eigenvalue weighted by Crippen LogP contribution is 2.28. The van der Waals surface area contributed by atoms with Crippen molar-refractivity contribution in [3.63, 3.8) is 0 Å². The Labute approximate surface area is 135 Å². The second-order valence-corrected chi connectivity index (χ2v) is 5.41. The van der Waals surface area contributed by atoms with Gasteiger partial charge in [0.05, 0.1) is 18.2 Å². The number of ether oxygens (including phenoxy) is 2. The number of hydrogen-bond donors (Lipinski definition) is 1. The van der Waals surface area contributed by atoms with Gasteiger partial charge >= 0.3 is 11.9 Å². The lowest BCUT2D eigenvalue weighted by molar-refractivity contribution is 0.0599. The Bertz CT molecular complexity index is 722. The van der Waals surface area contributed by atoms with Gasteiger partial charge in [0.15, 0.2) is 0 Å². The third-order valence-corrected chi connectivity index (χ3v) is 3.59. The molecule has 0 unspecified atom stereocenters. The topological polar surface area (TPSA) is 72.8 Å². The van der Waals surface area contributed by atoms with Gasteiger partial charge in [-0.05, 0) is 48.9 Å².